The Morgan fingerprint density at radius 3 is 2.83 bits per heavy atom. The second kappa shape index (κ2) is 7.07. The molecular formula is C17H15ClN4O. The molecule has 0 spiro atoms. The molecule has 1 heterocycles. The molecule has 5 nitrogen and oxygen atoms in total. The summed E-state index contributed by atoms with van der Waals surface area (Å²) >= 11 is 5.81. The Kier molecular flexibility index (Phi) is 4.68. The van der Waals surface area contributed by atoms with Gasteiger partial charge in [-0.25, -0.2) is 10.4 Å². The van der Waals surface area contributed by atoms with E-state index in [4.69, 9.17) is 11.6 Å². The molecule has 0 aliphatic heterocycles. The Morgan fingerprint density at radius 2 is 2.00 bits per heavy atom. The van der Waals surface area contributed by atoms with Crippen LogP contribution in [0.4, 0.5) is 0 Å². The highest BCUT2D eigenvalue weighted by atomic mass is 35.5. The fraction of sp³-hybridized carbons (Fsp3) is 0.118. The first kappa shape index (κ1) is 15.2. The van der Waals surface area contributed by atoms with Crippen molar-refractivity contribution in [1.82, 2.24) is 15.0 Å². The lowest BCUT2D eigenvalue weighted by atomic mass is 10.2. The van der Waals surface area contributed by atoms with Gasteiger partial charge in [-0.3, -0.25) is 4.79 Å². The highest BCUT2D eigenvalue weighted by Gasteiger charge is 2.04. The Labute approximate surface area is 138 Å². The molecular weight excluding hydrogens is 312 g/mol. The van der Waals surface area contributed by atoms with Crippen LogP contribution in [-0.2, 0) is 11.3 Å². The molecule has 6 heteroatoms. The van der Waals surface area contributed by atoms with Crippen LogP contribution >= 0.6 is 11.6 Å². The van der Waals surface area contributed by atoms with Crippen molar-refractivity contribution >= 4 is 34.8 Å². The van der Waals surface area contributed by atoms with Crippen LogP contribution in [0.5, 0.6) is 0 Å². The Hall–Kier alpha value is -2.66. The fourth-order valence-corrected chi connectivity index (χ4v) is 2.32. The number of fused-ring (bicyclic) bond motifs is 1. The summed E-state index contributed by atoms with van der Waals surface area (Å²) in [5.74, 6) is -0.145. The molecule has 0 saturated heterocycles. The summed E-state index contributed by atoms with van der Waals surface area (Å²) in [6.45, 7) is 0.558. The van der Waals surface area contributed by atoms with Crippen LogP contribution in [0.2, 0.25) is 5.02 Å². The van der Waals surface area contributed by atoms with Gasteiger partial charge >= 0.3 is 0 Å². The van der Waals surface area contributed by atoms with Crippen LogP contribution in [0.25, 0.3) is 11.0 Å². The van der Waals surface area contributed by atoms with Crippen molar-refractivity contribution in [2.45, 2.75) is 13.0 Å². The standard InChI is InChI=1S/C17H15ClN4O/c18-14-7-5-13(6-8-14)11-20-21-17(23)9-10-22-12-19-15-3-1-2-4-16(15)22/h1-8,11-12H,9-10H2,(H,21,23)/b20-11+. The van der Waals surface area contributed by atoms with E-state index in [9.17, 15) is 4.79 Å². The summed E-state index contributed by atoms with van der Waals surface area (Å²) in [6, 6.07) is 15.0. The van der Waals surface area contributed by atoms with Crippen molar-refractivity contribution in [3.63, 3.8) is 0 Å². The molecule has 1 aromatic heterocycles. The normalized spacial score (nSPS) is 11.2. The first-order valence-electron chi connectivity index (χ1n) is 7.20. The first-order chi connectivity index (χ1) is 11.2. The highest BCUT2D eigenvalue weighted by Crippen LogP contribution is 2.12. The number of amides is 1. The van der Waals surface area contributed by atoms with Crippen LogP contribution in [0.1, 0.15) is 12.0 Å². The second-order valence-electron chi connectivity index (χ2n) is 5.02. The zero-order valence-electron chi connectivity index (χ0n) is 12.3. The molecule has 0 atom stereocenters. The average Bonchev–Trinajstić information content (AvgIpc) is 2.98. The molecule has 0 radical (unpaired) electrons. The number of hydrazone groups is 1. The molecule has 1 N–H and O–H groups in total. The number of aromatic nitrogens is 2. The first-order valence-corrected chi connectivity index (χ1v) is 7.57. The molecule has 0 saturated carbocycles. The number of carbonyl (C=O) groups is 1. The third kappa shape index (κ3) is 3.96. The van der Waals surface area contributed by atoms with Gasteiger partial charge in [-0.1, -0.05) is 35.9 Å². The zero-order valence-corrected chi connectivity index (χ0v) is 13.1. The zero-order chi connectivity index (χ0) is 16.1. The minimum Gasteiger partial charge on any atom is -0.330 e. The van der Waals surface area contributed by atoms with Crippen molar-refractivity contribution in [3.05, 3.63) is 65.4 Å². The summed E-state index contributed by atoms with van der Waals surface area (Å²) in [5.41, 5.74) is 5.33. The topological polar surface area (TPSA) is 59.3 Å². The molecule has 0 bridgehead atoms. The monoisotopic (exact) mass is 326 g/mol. The molecule has 0 aliphatic rings. The van der Waals surface area contributed by atoms with Crippen LogP contribution in [-0.4, -0.2) is 21.7 Å². The molecule has 0 unspecified atom stereocenters. The summed E-state index contributed by atoms with van der Waals surface area (Å²) in [7, 11) is 0. The van der Waals surface area contributed by atoms with Gasteiger partial charge in [0.25, 0.3) is 0 Å². The predicted molar refractivity (Wildman–Crippen MR) is 91.5 cm³/mol. The van der Waals surface area contributed by atoms with E-state index in [2.05, 4.69) is 15.5 Å². The molecule has 0 fully saturated rings. The minimum atomic E-state index is -0.145. The highest BCUT2D eigenvalue weighted by molar-refractivity contribution is 6.30. The van der Waals surface area contributed by atoms with Gasteiger partial charge < -0.3 is 4.57 Å². The lowest BCUT2D eigenvalue weighted by molar-refractivity contribution is -0.121. The smallest absolute Gasteiger partial charge is 0.241 e. The van der Waals surface area contributed by atoms with Gasteiger partial charge in [-0.05, 0) is 29.8 Å². The Balaban J connectivity index is 1.52. The molecule has 1 amide bonds. The molecule has 2 aromatic carbocycles. The maximum Gasteiger partial charge on any atom is 0.241 e. The molecule has 23 heavy (non-hydrogen) atoms. The van der Waals surface area contributed by atoms with Gasteiger partial charge in [0.15, 0.2) is 0 Å². The van der Waals surface area contributed by atoms with Gasteiger partial charge in [0.1, 0.15) is 0 Å². The van der Waals surface area contributed by atoms with Crippen LogP contribution in [0, 0.1) is 0 Å². The van der Waals surface area contributed by atoms with Gasteiger partial charge in [0.05, 0.1) is 23.6 Å². The number of rotatable bonds is 5. The van der Waals surface area contributed by atoms with E-state index in [1.54, 1.807) is 24.7 Å². The third-order valence-corrected chi connectivity index (χ3v) is 3.63. The van der Waals surface area contributed by atoms with Gasteiger partial charge in [0, 0.05) is 18.0 Å². The number of nitrogens with zero attached hydrogens (tertiary/aromatic N) is 3. The second-order valence-corrected chi connectivity index (χ2v) is 5.46. The summed E-state index contributed by atoms with van der Waals surface area (Å²) in [4.78, 5) is 16.1. The average molecular weight is 327 g/mol. The van der Waals surface area contributed by atoms with E-state index in [-0.39, 0.29) is 5.91 Å². The van der Waals surface area contributed by atoms with Crippen LogP contribution < -0.4 is 5.43 Å². The molecule has 3 rings (SSSR count). The van der Waals surface area contributed by atoms with Crippen molar-refractivity contribution < 1.29 is 4.79 Å². The number of benzene rings is 2. The van der Waals surface area contributed by atoms with E-state index in [1.807, 2.05) is 41.0 Å². The Morgan fingerprint density at radius 1 is 1.22 bits per heavy atom. The van der Waals surface area contributed by atoms with E-state index in [0.29, 0.717) is 18.0 Å². The number of carbonyl (C=O) groups excluding carboxylic acids is 1. The van der Waals surface area contributed by atoms with Crippen LogP contribution in [0.15, 0.2) is 60.0 Å². The number of hydrogen-bond acceptors (Lipinski definition) is 3. The number of halogens is 1. The van der Waals surface area contributed by atoms with Crippen LogP contribution in [0.3, 0.4) is 0 Å². The quantitative estimate of drug-likeness (QED) is 0.578. The van der Waals surface area contributed by atoms with E-state index in [0.717, 1.165) is 16.6 Å². The number of para-hydroxylation sites is 2. The number of aryl methyl sites for hydroxylation is 1. The lowest BCUT2D eigenvalue weighted by Gasteiger charge is -2.03. The van der Waals surface area contributed by atoms with Gasteiger partial charge in [0.2, 0.25) is 5.91 Å². The number of imidazole rings is 1. The van der Waals surface area contributed by atoms with E-state index < -0.39 is 0 Å². The predicted octanol–water partition coefficient (Wildman–Crippen LogP) is 3.23. The maximum absolute atomic E-state index is 11.8. The lowest BCUT2D eigenvalue weighted by Crippen LogP contribution is -2.19. The summed E-state index contributed by atoms with van der Waals surface area (Å²) < 4.78 is 1.96. The fourth-order valence-electron chi connectivity index (χ4n) is 2.19. The third-order valence-electron chi connectivity index (χ3n) is 3.38. The summed E-state index contributed by atoms with van der Waals surface area (Å²) in [6.07, 6.45) is 3.66. The SMILES string of the molecule is O=C(CCn1cnc2ccccc21)N/N=C/c1ccc(Cl)cc1. The molecule has 3 aromatic rings. The number of nitrogens with one attached hydrogen (secondary N) is 1. The molecule has 116 valence electrons. The molecule has 0 aliphatic carbocycles. The van der Waals surface area contributed by atoms with Gasteiger partial charge in [-0.15, -0.1) is 0 Å². The summed E-state index contributed by atoms with van der Waals surface area (Å²) in [5, 5.41) is 4.61. The van der Waals surface area contributed by atoms with E-state index >= 15 is 0 Å². The van der Waals surface area contributed by atoms with Crippen molar-refractivity contribution in [1.29, 1.82) is 0 Å². The van der Waals surface area contributed by atoms with Crippen molar-refractivity contribution in [2.24, 2.45) is 5.10 Å². The van der Waals surface area contributed by atoms with Crippen molar-refractivity contribution in [3.8, 4) is 0 Å². The Bertz CT molecular complexity index is 839. The van der Waals surface area contributed by atoms with E-state index in [1.165, 1.54) is 0 Å². The largest absolute Gasteiger partial charge is 0.330 e. The number of hydrogen-bond donors (Lipinski definition) is 1. The van der Waals surface area contributed by atoms with Crippen molar-refractivity contribution in [2.75, 3.05) is 0 Å². The minimum absolute atomic E-state index is 0.145. The van der Waals surface area contributed by atoms with Gasteiger partial charge in [-0.2, -0.15) is 5.10 Å². The maximum atomic E-state index is 11.8.